The quantitative estimate of drug-likeness (QED) is 0.796. The van der Waals surface area contributed by atoms with E-state index in [1.807, 2.05) is 42.5 Å². The number of piperidine rings is 1. The van der Waals surface area contributed by atoms with Gasteiger partial charge >= 0.3 is 0 Å². The van der Waals surface area contributed by atoms with Gasteiger partial charge in [-0.1, -0.05) is 0 Å². The molecule has 0 aliphatic carbocycles. The number of ether oxygens (including phenoxy) is 2. The number of hydrogen-bond donors (Lipinski definition) is 0. The molecule has 4 rings (SSSR count). The first-order valence-corrected chi connectivity index (χ1v) is 9.52. The van der Waals surface area contributed by atoms with E-state index in [1.54, 1.807) is 0 Å². The zero-order chi connectivity index (χ0) is 17.8. The van der Waals surface area contributed by atoms with E-state index >= 15 is 0 Å². The number of aromatic nitrogens is 3. The van der Waals surface area contributed by atoms with Crippen molar-refractivity contribution in [2.45, 2.75) is 38.5 Å². The molecule has 2 aliphatic heterocycles. The highest BCUT2D eigenvalue weighted by Gasteiger charge is 2.46. The Balaban J connectivity index is 1.40. The zero-order valence-electron chi connectivity index (χ0n) is 15.5. The zero-order valence-corrected chi connectivity index (χ0v) is 15.5. The molecular formula is C20H28N4O2. The van der Waals surface area contributed by atoms with Crippen LogP contribution in [0.15, 0.2) is 36.9 Å². The van der Waals surface area contributed by atoms with Crippen molar-refractivity contribution in [3.63, 3.8) is 0 Å². The second-order valence-electron chi connectivity index (χ2n) is 7.70. The molecule has 0 unspecified atom stereocenters. The molecule has 2 aromatic rings. The Hall–Kier alpha value is -1.76. The molecule has 2 aromatic heterocycles. The van der Waals surface area contributed by atoms with Crippen LogP contribution in [0.4, 0.5) is 0 Å². The topological polar surface area (TPSA) is 52.4 Å². The van der Waals surface area contributed by atoms with E-state index in [-0.39, 0.29) is 5.41 Å². The van der Waals surface area contributed by atoms with Crippen molar-refractivity contribution in [1.29, 1.82) is 0 Å². The van der Waals surface area contributed by atoms with Crippen LogP contribution in [0, 0.1) is 5.41 Å². The molecule has 140 valence electrons. The SMILES string of the molecule is Cn1cc(CN2CC[C@@H]3OCCC[C@]3(COCc3ccncc3)C2)cn1. The van der Waals surface area contributed by atoms with Crippen molar-refractivity contribution < 1.29 is 9.47 Å². The fourth-order valence-corrected chi connectivity index (χ4v) is 4.39. The molecule has 2 fully saturated rings. The highest BCUT2D eigenvalue weighted by Crippen LogP contribution is 2.41. The molecule has 2 atom stereocenters. The number of fused-ring (bicyclic) bond motifs is 1. The van der Waals surface area contributed by atoms with Crippen LogP contribution in [-0.2, 0) is 29.7 Å². The van der Waals surface area contributed by atoms with Gasteiger partial charge in [0.2, 0.25) is 0 Å². The highest BCUT2D eigenvalue weighted by atomic mass is 16.5. The van der Waals surface area contributed by atoms with Crippen LogP contribution in [0.1, 0.15) is 30.4 Å². The van der Waals surface area contributed by atoms with Crippen molar-refractivity contribution in [2.24, 2.45) is 12.5 Å². The molecule has 26 heavy (non-hydrogen) atoms. The van der Waals surface area contributed by atoms with Crippen molar-refractivity contribution in [3.05, 3.63) is 48.0 Å². The molecule has 2 saturated heterocycles. The van der Waals surface area contributed by atoms with E-state index in [2.05, 4.69) is 21.2 Å². The Morgan fingerprint density at radius 2 is 2.19 bits per heavy atom. The lowest BCUT2D eigenvalue weighted by Crippen LogP contribution is -2.56. The van der Waals surface area contributed by atoms with E-state index in [0.717, 1.165) is 45.7 Å². The molecule has 0 saturated carbocycles. The third-order valence-electron chi connectivity index (χ3n) is 5.64. The predicted octanol–water partition coefficient (Wildman–Crippen LogP) is 2.40. The number of pyridine rings is 1. The summed E-state index contributed by atoms with van der Waals surface area (Å²) in [6, 6.07) is 4.03. The predicted molar refractivity (Wildman–Crippen MR) is 98.4 cm³/mol. The number of nitrogens with zero attached hydrogens (tertiary/aromatic N) is 4. The van der Waals surface area contributed by atoms with Gasteiger partial charge in [-0.2, -0.15) is 5.10 Å². The maximum atomic E-state index is 6.17. The lowest BCUT2D eigenvalue weighted by atomic mass is 9.73. The third-order valence-corrected chi connectivity index (χ3v) is 5.64. The summed E-state index contributed by atoms with van der Waals surface area (Å²) < 4.78 is 14.2. The average molecular weight is 356 g/mol. The van der Waals surface area contributed by atoms with Crippen LogP contribution in [0.25, 0.3) is 0 Å². The molecule has 0 N–H and O–H groups in total. The summed E-state index contributed by atoms with van der Waals surface area (Å²) in [5.41, 5.74) is 2.55. The standard InChI is InChI=1S/C20H28N4O2/c1-23-12-18(11-22-23)13-24-9-5-19-20(15-24,6-2-10-26-19)16-25-14-17-3-7-21-8-4-17/h3-4,7-8,11-12,19H,2,5-6,9-10,13-16H2,1H3/t19-,20+/m0/s1. The first-order valence-electron chi connectivity index (χ1n) is 9.52. The Morgan fingerprint density at radius 1 is 1.31 bits per heavy atom. The molecule has 6 heteroatoms. The molecule has 0 radical (unpaired) electrons. The summed E-state index contributed by atoms with van der Waals surface area (Å²) in [5.74, 6) is 0. The minimum atomic E-state index is 0.103. The average Bonchev–Trinajstić information content (AvgIpc) is 3.07. The van der Waals surface area contributed by atoms with Gasteiger partial charge in [-0.25, -0.2) is 0 Å². The van der Waals surface area contributed by atoms with Crippen LogP contribution < -0.4 is 0 Å². The van der Waals surface area contributed by atoms with Gasteiger partial charge in [0.15, 0.2) is 0 Å². The summed E-state index contributed by atoms with van der Waals surface area (Å²) in [6.07, 6.45) is 11.4. The van der Waals surface area contributed by atoms with Crippen LogP contribution in [-0.4, -0.2) is 52.1 Å². The minimum absolute atomic E-state index is 0.103. The molecule has 0 amide bonds. The number of aryl methyl sites for hydroxylation is 1. The van der Waals surface area contributed by atoms with Gasteiger partial charge in [0.05, 0.1) is 25.5 Å². The number of rotatable bonds is 6. The smallest absolute Gasteiger partial charge is 0.0718 e. The van der Waals surface area contributed by atoms with Gasteiger partial charge in [-0.05, 0) is 37.0 Å². The summed E-state index contributed by atoms with van der Waals surface area (Å²) in [6.45, 7) is 5.34. The van der Waals surface area contributed by atoms with Crippen molar-refractivity contribution in [3.8, 4) is 0 Å². The Morgan fingerprint density at radius 3 is 3.00 bits per heavy atom. The highest BCUT2D eigenvalue weighted by molar-refractivity contribution is 5.08. The molecule has 0 aromatic carbocycles. The van der Waals surface area contributed by atoms with Gasteiger partial charge in [0.25, 0.3) is 0 Å². The summed E-state index contributed by atoms with van der Waals surface area (Å²) >= 11 is 0. The minimum Gasteiger partial charge on any atom is -0.377 e. The van der Waals surface area contributed by atoms with Crippen LogP contribution in [0.5, 0.6) is 0 Å². The number of hydrogen-bond acceptors (Lipinski definition) is 5. The van der Waals surface area contributed by atoms with E-state index in [0.29, 0.717) is 12.7 Å². The van der Waals surface area contributed by atoms with E-state index < -0.39 is 0 Å². The maximum Gasteiger partial charge on any atom is 0.0718 e. The Kier molecular flexibility index (Phi) is 5.33. The maximum absolute atomic E-state index is 6.17. The molecule has 6 nitrogen and oxygen atoms in total. The van der Waals surface area contributed by atoms with Gasteiger partial charge in [0.1, 0.15) is 0 Å². The monoisotopic (exact) mass is 356 g/mol. The second-order valence-corrected chi connectivity index (χ2v) is 7.70. The summed E-state index contributed by atoms with van der Waals surface area (Å²) in [5, 5.41) is 4.30. The summed E-state index contributed by atoms with van der Waals surface area (Å²) in [4.78, 5) is 6.61. The lowest BCUT2D eigenvalue weighted by Gasteiger charge is -2.50. The normalized spacial score (nSPS) is 26.6. The molecule has 2 aliphatic rings. The molecular weight excluding hydrogens is 328 g/mol. The van der Waals surface area contributed by atoms with E-state index in [4.69, 9.17) is 9.47 Å². The third kappa shape index (κ3) is 3.98. The van der Waals surface area contributed by atoms with Crippen molar-refractivity contribution in [1.82, 2.24) is 19.7 Å². The van der Waals surface area contributed by atoms with Crippen LogP contribution >= 0.6 is 0 Å². The van der Waals surface area contributed by atoms with Crippen molar-refractivity contribution >= 4 is 0 Å². The molecule has 0 bridgehead atoms. The lowest BCUT2D eigenvalue weighted by molar-refractivity contribution is -0.155. The summed E-state index contributed by atoms with van der Waals surface area (Å²) in [7, 11) is 1.97. The van der Waals surface area contributed by atoms with Crippen LogP contribution in [0.2, 0.25) is 0 Å². The fraction of sp³-hybridized carbons (Fsp3) is 0.600. The Labute approximate surface area is 155 Å². The number of likely N-dealkylation sites (tertiary alicyclic amines) is 1. The van der Waals surface area contributed by atoms with Gasteiger partial charge < -0.3 is 9.47 Å². The van der Waals surface area contributed by atoms with Crippen molar-refractivity contribution in [2.75, 3.05) is 26.3 Å². The van der Waals surface area contributed by atoms with Crippen LogP contribution in [0.3, 0.4) is 0 Å². The van der Waals surface area contributed by atoms with E-state index in [1.165, 1.54) is 17.5 Å². The molecule has 0 spiro atoms. The largest absolute Gasteiger partial charge is 0.377 e. The van der Waals surface area contributed by atoms with E-state index in [9.17, 15) is 0 Å². The van der Waals surface area contributed by atoms with Gasteiger partial charge in [-0.3, -0.25) is 14.6 Å². The first-order chi connectivity index (χ1) is 12.7. The molecule has 4 heterocycles. The first kappa shape index (κ1) is 17.6. The van der Waals surface area contributed by atoms with Gasteiger partial charge in [0, 0.05) is 62.9 Å². The van der Waals surface area contributed by atoms with Gasteiger partial charge in [-0.15, -0.1) is 0 Å². The fourth-order valence-electron chi connectivity index (χ4n) is 4.39. The Bertz CT molecular complexity index is 705. The second kappa shape index (κ2) is 7.86.